The Bertz CT molecular complexity index is 1520. The van der Waals surface area contributed by atoms with Crippen LogP contribution in [0.15, 0.2) is 40.5 Å². The van der Waals surface area contributed by atoms with Gasteiger partial charge in [-0.3, -0.25) is 13.6 Å². The Hall–Kier alpha value is -3.63. The van der Waals surface area contributed by atoms with Gasteiger partial charge in [0.2, 0.25) is 19.5 Å². The Morgan fingerprint density at radius 3 is 2.06 bits per heavy atom. The normalized spacial score (nSPS) is 15.9. The zero-order valence-electron chi connectivity index (χ0n) is 27.4. The lowest BCUT2D eigenvalue weighted by atomic mass is 9.98. The average Bonchev–Trinajstić information content (AvgIpc) is 3.50. The van der Waals surface area contributed by atoms with Crippen LogP contribution >= 0.6 is 19.4 Å². The number of aromatic nitrogens is 4. The highest BCUT2D eigenvalue weighted by Crippen LogP contribution is 2.48. The highest BCUT2D eigenvalue weighted by Gasteiger charge is 2.29. The molecule has 0 bridgehead atoms. The fraction of sp³-hybridized carbons (Fsp3) is 0.581. The van der Waals surface area contributed by atoms with Crippen molar-refractivity contribution in [2.45, 2.75) is 92.9 Å². The Morgan fingerprint density at radius 1 is 0.898 bits per heavy atom. The molecule has 5 rings (SSSR count). The highest BCUT2D eigenvalue weighted by atomic mass is 32.2. The van der Waals surface area contributed by atoms with Gasteiger partial charge in [-0.1, -0.05) is 24.6 Å². The van der Waals surface area contributed by atoms with Crippen LogP contribution in [-0.2, 0) is 43.8 Å². The van der Waals surface area contributed by atoms with Gasteiger partial charge in [0, 0.05) is 11.4 Å². The van der Waals surface area contributed by atoms with E-state index in [2.05, 4.69) is 15.0 Å². The first-order chi connectivity index (χ1) is 23.8. The number of hydrogen-bond donors (Lipinski definition) is 1. The standard InChI is InChI=1S/C31H42N5O11PS/c1-40-22-12-14-25(15-13-22)49-28-26-27(34-29(32)35-28)36(18-33-26)16-17-41-21-48(39,44-19-42-30(37)46-23-8-4-2-5-9-23)45-20-43-31(38)47-24-10-6-3-7-11-24/h12-15,18,23-24H,2-11,16-17,19-21H2,1H3,(H2,32,34,35). The number of benzene rings is 1. The number of imidazole rings is 1. The topological polar surface area (TPSA) is 195 Å². The summed E-state index contributed by atoms with van der Waals surface area (Å²) in [5, 5.41) is 0.572. The van der Waals surface area contributed by atoms with Crippen LogP contribution in [0.25, 0.3) is 11.2 Å². The first kappa shape index (κ1) is 36.6. The number of carbonyl (C=O) groups excluding carboxylic acids is 2. The van der Waals surface area contributed by atoms with Gasteiger partial charge >= 0.3 is 19.9 Å². The molecule has 2 aromatic heterocycles. The second-order valence-corrected chi connectivity index (χ2v) is 14.5. The third kappa shape index (κ3) is 11.5. The molecular formula is C31H42N5O11PS. The van der Waals surface area contributed by atoms with Crippen LogP contribution in [0.1, 0.15) is 64.2 Å². The largest absolute Gasteiger partial charge is 0.510 e. The summed E-state index contributed by atoms with van der Waals surface area (Å²) in [7, 11) is -2.50. The quantitative estimate of drug-likeness (QED) is 0.0541. The van der Waals surface area contributed by atoms with Crippen molar-refractivity contribution < 1.29 is 51.6 Å². The molecule has 1 aromatic carbocycles. The Balaban J connectivity index is 1.14. The van der Waals surface area contributed by atoms with Crippen molar-refractivity contribution in [3.05, 3.63) is 30.6 Å². The Kier molecular flexibility index (Phi) is 13.8. The molecule has 2 N–H and O–H groups in total. The highest BCUT2D eigenvalue weighted by molar-refractivity contribution is 7.99. The molecule has 0 aliphatic heterocycles. The molecule has 0 amide bonds. The molecule has 2 heterocycles. The predicted molar refractivity (Wildman–Crippen MR) is 176 cm³/mol. The van der Waals surface area contributed by atoms with E-state index in [0.717, 1.165) is 74.9 Å². The third-order valence-corrected chi connectivity index (χ3v) is 10.4. The van der Waals surface area contributed by atoms with Crippen LogP contribution in [0, 0.1) is 0 Å². The van der Waals surface area contributed by atoms with Crippen molar-refractivity contribution in [1.29, 1.82) is 0 Å². The molecule has 2 aliphatic rings. The fourth-order valence-electron chi connectivity index (χ4n) is 5.39. The number of fused-ring (bicyclic) bond motifs is 1. The molecule has 0 unspecified atom stereocenters. The molecule has 268 valence electrons. The van der Waals surface area contributed by atoms with E-state index in [1.54, 1.807) is 18.0 Å². The molecule has 0 radical (unpaired) electrons. The maximum Gasteiger partial charge on any atom is 0.510 e. The van der Waals surface area contributed by atoms with Crippen molar-refractivity contribution in [2.75, 3.05) is 39.4 Å². The van der Waals surface area contributed by atoms with Gasteiger partial charge in [-0.25, -0.2) is 19.6 Å². The van der Waals surface area contributed by atoms with E-state index in [4.69, 9.17) is 43.2 Å². The maximum absolute atomic E-state index is 13.5. The van der Waals surface area contributed by atoms with Gasteiger partial charge in [-0.05, 0) is 75.6 Å². The second kappa shape index (κ2) is 18.4. The third-order valence-electron chi connectivity index (χ3n) is 7.93. The summed E-state index contributed by atoms with van der Waals surface area (Å²) in [6.07, 6.45) is 7.79. The fourth-order valence-corrected chi connectivity index (χ4v) is 7.27. The van der Waals surface area contributed by atoms with E-state index in [9.17, 15) is 14.2 Å². The second-order valence-electron chi connectivity index (χ2n) is 11.5. The molecule has 2 aliphatic carbocycles. The van der Waals surface area contributed by atoms with Crippen LogP contribution in [0.3, 0.4) is 0 Å². The Morgan fingerprint density at radius 2 is 1.49 bits per heavy atom. The van der Waals surface area contributed by atoms with Gasteiger partial charge in [0.1, 0.15) is 34.8 Å². The Labute approximate surface area is 288 Å². The van der Waals surface area contributed by atoms with Crippen molar-refractivity contribution in [3.63, 3.8) is 0 Å². The number of nitrogens with two attached hydrogens (primary N) is 1. The minimum absolute atomic E-state index is 0.0300. The summed E-state index contributed by atoms with van der Waals surface area (Å²) in [6, 6.07) is 7.49. The number of hydrogen-bond acceptors (Lipinski definition) is 16. The smallest absolute Gasteiger partial charge is 0.497 e. The summed E-state index contributed by atoms with van der Waals surface area (Å²) < 4.78 is 57.3. The minimum atomic E-state index is -4.10. The van der Waals surface area contributed by atoms with Gasteiger partial charge < -0.3 is 38.7 Å². The van der Waals surface area contributed by atoms with E-state index < -0.39 is 39.8 Å². The number of nitrogens with zero attached hydrogens (tertiary/aromatic N) is 4. The first-order valence-electron chi connectivity index (χ1n) is 16.2. The summed E-state index contributed by atoms with van der Waals surface area (Å²) in [5.74, 6) is 0.803. The minimum Gasteiger partial charge on any atom is -0.497 e. The molecule has 49 heavy (non-hydrogen) atoms. The molecule has 18 heteroatoms. The number of ether oxygens (including phenoxy) is 6. The summed E-state index contributed by atoms with van der Waals surface area (Å²) >= 11 is 1.38. The molecule has 2 fully saturated rings. The van der Waals surface area contributed by atoms with Crippen molar-refractivity contribution in [1.82, 2.24) is 19.5 Å². The number of carbonyl (C=O) groups is 2. The molecule has 0 atom stereocenters. The van der Waals surface area contributed by atoms with Crippen molar-refractivity contribution in [2.24, 2.45) is 0 Å². The van der Waals surface area contributed by atoms with Crippen LogP contribution < -0.4 is 10.5 Å². The van der Waals surface area contributed by atoms with Crippen molar-refractivity contribution >= 4 is 48.8 Å². The first-order valence-corrected chi connectivity index (χ1v) is 18.8. The zero-order chi connectivity index (χ0) is 34.5. The van der Waals surface area contributed by atoms with Gasteiger partial charge in [0.05, 0.1) is 20.0 Å². The number of rotatable bonds is 16. The maximum atomic E-state index is 13.5. The monoisotopic (exact) mass is 723 g/mol. The van der Waals surface area contributed by atoms with Crippen LogP contribution in [0.5, 0.6) is 5.75 Å². The van der Waals surface area contributed by atoms with Crippen LogP contribution in [0.2, 0.25) is 0 Å². The van der Waals surface area contributed by atoms with Gasteiger partial charge in [-0.2, -0.15) is 4.98 Å². The van der Waals surface area contributed by atoms with Gasteiger partial charge in [0.25, 0.3) is 0 Å². The average molecular weight is 724 g/mol. The van der Waals surface area contributed by atoms with Gasteiger partial charge in [-0.15, -0.1) is 0 Å². The lowest BCUT2D eigenvalue weighted by Gasteiger charge is -2.22. The van der Waals surface area contributed by atoms with Crippen LogP contribution in [0.4, 0.5) is 15.5 Å². The van der Waals surface area contributed by atoms with Crippen molar-refractivity contribution in [3.8, 4) is 5.75 Å². The number of methoxy groups -OCH3 is 1. The zero-order valence-corrected chi connectivity index (χ0v) is 29.1. The molecule has 2 saturated carbocycles. The van der Waals surface area contributed by atoms with E-state index >= 15 is 0 Å². The van der Waals surface area contributed by atoms with Crippen LogP contribution in [-0.4, -0.2) is 77.7 Å². The summed E-state index contributed by atoms with van der Waals surface area (Å²) in [4.78, 5) is 38.4. The van der Waals surface area contributed by atoms with E-state index in [-0.39, 0.29) is 31.3 Å². The number of anilines is 1. The molecular weight excluding hydrogens is 681 g/mol. The van der Waals surface area contributed by atoms with E-state index in [1.165, 1.54) is 11.8 Å². The van der Waals surface area contributed by atoms with E-state index in [0.29, 0.717) is 16.2 Å². The lowest BCUT2D eigenvalue weighted by Crippen LogP contribution is -2.23. The molecule has 0 spiro atoms. The lowest BCUT2D eigenvalue weighted by molar-refractivity contribution is -0.0440. The predicted octanol–water partition coefficient (Wildman–Crippen LogP) is 6.66. The van der Waals surface area contributed by atoms with Gasteiger partial charge in [0.15, 0.2) is 5.65 Å². The number of nitrogen functional groups attached to an aromatic ring is 1. The SMILES string of the molecule is COc1ccc(Sc2nc(N)nc3c2ncn3CCOCP(=O)(OCOC(=O)OC2CCCCC2)OCOC(=O)OC2CCCCC2)cc1. The summed E-state index contributed by atoms with van der Waals surface area (Å²) in [5.41, 5.74) is 7.04. The van der Waals surface area contributed by atoms with E-state index in [1.807, 2.05) is 24.3 Å². The molecule has 3 aromatic rings. The molecule has 16 nitrogen and oxygen atoms in total. The summed E-state index contributed by atoms with van der Waals surface area (Å²) in [6.45, 7) is -1.18. The molecule has 0 saturated heterocycles.